The van der Waals surface area contributed by atoms with Gasteiger partial charge >= 0.3 is 6.18 Å². The maximum atomic E-state index is 12.8. The maximum absolute atomic E-state index is 12.8. The van der Waals surface area contributed by atoms with Crippen LogP contribution in [0.3, 0.4) is 0 Å². The van der Waals surface area contributed by atoms with Gasteiger partial charge < -0.3 is 50.6 Å². The third-order valence-electron chi connectivity index (χ3n) is 7.38. The van der Waals surface area contributed by atoms with Gasteiger partial charge in [0.2, 0.25) is 12.1 Å². The van der Waals surface area contributed by atoms with Crippen LogP contribution in [0.5, 0.6) is 0 Å². The molecule has 3 aliphatic rings. The summed E-state index contributed by atoms with van der Waals surface area (Å²) in [4.78, 5) is 0. The molecule has 0 amide bonds. The van der Waals surface area contributed by atoms with Gasteiger partial charge in [-0.2, -0.15) is 13.2 Å². The zero-order valence-corrected chi connectivity index (χ0v) is 20.2. The third-order valence-corrected chi connectivity index (χ3v) is 7.38. The topological polar surface area (TPSA) is 145 Å². The van der Waals surface area contributed by atoms with E-state index in [1.165, 1.54) is 12.1 Å². The molecular weight excluding hydrogens is 487 g/mol. The fourth-order valence-corrected chi connectivity index (χ4v) is 5.45. The summed E-state index contributed by atoms with van der Waals surface area (Å²) in [5, 5.41) is 53.5. The number of hydrogen-bond donors (Lipinski definition) is 7. The minimum absolute atomic E-state index is 0.0464. The molecule has 13 heteroatoms. The molecule has 0 aromatic heterocycles. The van der Waals surface area contributed by atoms with Crippen molar-refractivity contribution in [3.05, 3.63) is 35.4 Å². The lowest BCUT2D eigenvalue weighted by atomic mass is 9.77. The van der Waals surface area contributed by atoms with Crippen LogP contribution in [0.4, 0.5) is 13.2 Å². The molecular formula is C23H34F3N3O7. The zero-order valence-electron chi connectivity index (χ0n) is 20.2. The van der Waals surface area contributed by atoms with Crippen LogP contribution in [-0.2, 0) is 26.9 Å². The van der Waals surface area contributed by atoms with E-state index < -0.39 is 72.0 Å². The monoisotopic (exact) mass is 521 g/mol. The molecule has 1 aromatic carbocycles. The Morgan fingerprint density at radius 3 is 2.19 bits per heavy atom. The molecule has 0 unspecified atom stereocenters. The lowest BCUT2D eigenvalue weighted by molar-refractivity contribution is -0.482. The van der Waals surface area contributed by atoms with Crippen molar-refractivity contribution in [1.82, 2.24) is 16.0 Å². The standard InChI is InChI=1S/C23H34F3N3O7/c1-11-8-21(32,10-29-9-12-4-6-13(7-5-12)23(24,25)26)22(33)20(34-11)35-19-17(31)14(27-2)16(30)15(28-3)18(19)36-22/h4-7,11,14-20,27-33H,8-10H2,1-3H3/t11-,14-,15+,16+,17+,18-,19-,20+,21-,22-/m1/s1. The van der Waals surface area contributed by atoms with Crippen LogP contribution in [-0.4, -0.2) is 101 Å². The average molecular weight is 522 g/mol. The summed E-state index contributed by atoms with van der Waals surface area (Å²) in [6, 6.07) is 3.10. The summed E-state index contributed by atoms with van der Waals surface area (Å²) < 4.78 is 56.2. The summed E-state index contributed by atoms with van der Waals surface area (Å²) in [5.74, 6) is -2.37. The number of halogens is 3. The normalized spacial score (nSPS) is 43.1. The Morgan fingerprint density at radius 1 is 0.972 bits per heavy atom. The van der Waals surface area contributed by atoms with Gasteiger partial charge in [-0.3, -0.25) is 0 Å². The van der Waals surface area contributed by atoms with E-state index in [0.717, 1.165) is 12.1 Å². The lowest BCUT2D eigenvalue weighted by Crippen LogP contribution is -2.81. The fourth-order valence-electron chi connectivity index (χ4n) is 5.45. The molecule has 7 N–H and O–H groups in total. The first-order valence-corrected chi connectivity index (χ1v) is 11.9. The molecule has 0 spiro atoms. The van der Waals surface area contributed by atoms with E-state index in [1.807, 2.05) is 0 Å². The smallest absolute Gasteiger partial charge is 0.390 e. The highest BCUT2D eigenvalue weighted by molar-refractivity contribution is 5.24. The highest BCUT2D eigenvalue weighted by Crippen LogP contribution is 2.46. The molecule has 4 rings (SSSR count). The minimum Gasteiger partial charge on any atom is -0.390 e. The second kappa shape index (κ2) is 10.1. The van der Waals surface area contributed by atoms with E-state index in [9.17, 15) is 33.6 Å². The van der Waals surface area contributed by atoms with Crippen molar-refractivity contribution in [3.63, 3.8) is 0 Å². The largest absolute Gasteiger partial charge is 0.416 e. The summed E-state index contributed by atoms with van der Waals surface area (Å²) >= 11 is 0. The van der Waals surface area contributed by atoms with E-state index in [0.29, 0.717) is 5.56 Å². The van der Waals surface area contributed by atoms with E-state index in [4.69, 9.17) is 14.2 Å². The van der Waals surface area contributed by atoms with Crippen molar-refractivity contribution >= 4 is 0 Å². The SMILES string of the molecule is CN[C@@H]1[C@H](O)[C@H](NC)[C@H]2O[C@]3(O)[C@H](O[C@@H]2[C@H]1O)O[C@H](C)C[C@@]3(O)CNCc1ccc(C(F)(F)F)cc1. The predicted octanol–water partition coefficient (Wildman–Crippen LogP) is -0.955. The highest BCUT2D eigenvalue weighted by atomic mass is 19.4. The fraction of sp³-hybridized carbons (Fsp3) is 0.739. The third kappa shape index (κ3) is 4.77. The number of alkyl halides is 3. The number of likely N-dealkylation sites (N-methyl/N-ethyl adjacent to an activating group) is 2. The second-order valence-electron chi connectivity index (χ2n) is 9.80. The van der Waals surface area contributed by atoms with Crippen LogP contribution in [0.2, 0.25) is 0 Å². The lowest BCUT2D eigenvalue weighted by Gasteiger charge is -2.60. The van der Waals surface area contributed by atoms with Gasteiger partial charge in [0.25, 0.3) is 0 Å². The summed E-state index contributed by atoms with van der Waals surface area (Å²) in [7, 11) is 3.18. The Morgan fingerprint density at radius 2 is 1.61 bits per heavy atom. The number of rotatable bonds is 6. The molecule has 0 bridgehead atoms. The van der Waals surface area contributed by atoms with Crippen LogP contribution >= 0.6 is 0 Å². The first-order chi connectivity index (χ1) is 16.8. The Hall–Kier alpha value is -1.39. The van der Waals surface area contributed by atoms with Gasteiger partial charge in [-0.25, -0.2) is 0 Å². The number of benzene rings is 1. The summed E-state index contributed by atoms with van der Waals surface area (Å²) in [5.41, 5.74) is -2.15. The van der Waals surface area contributed by atoms with Crippen LogP contribution in [0.1, 0.15) is 24.5 Å². The van der Waals surface area contributed by atoms with E-state index in [2.05, 4.69) is 16.0 Å². The van der Waals surface area contributed by atoms with Crippen molar-refractivity contribution in [2.24, 2.45) is 0 Å². The second-order valence-corrected chi connectivity index (χ2v) is 9.80. The van der Waals surface area contributed by atoms with E-state index in [1.54, 1.807) is 21.0 Å². The van der Waals surface area contributed by atoms with Gasteiger partial charge in [0.1, 0.15) is 23.9 Å². The van der Waals surface area contributed by atoms with Crippen molar-refractivity contribution in [3.8, 4) is 0 Å². The quantitative estimate of drug-likeness (QED) is 0.250. The molecule has 1 aliphatic carbocycles. The Labute approximate surface area is 206 Å². The van der Waals surface area contributed by atoms with Gasteiger partial charge in [0.05, 0.1) is 29.9 Å². The molecule has 36 heavy (non-hydrogen) atoms. The number of ether oxygens (including phenoxy) is 3. The van der Waals surface area contributed by atoms with Gasteiger partial charge in [0.15, 0.2) is 0 Å². The van der Waals surface area contributed by atoms with Crippen molar-refractivity contribution in [2.45, 2.75) is 86.3 Å². The molecule has 10 nitrogen and oxygen atoms in total. The van der Waals surface area contributed by atoms with Crippen LogP contribution < -0.4 is 16.0 Å². The van der Waals surface area contributed by atoms with Crippen LogP contribution in [0.25, 0.3) is 0 Å². The van der Waals surface area contributed by atoms with E-state index in [-0.39, 0.29) is 19.5 Å². The number of aliphatic hydroxyl groups excluding tert-OH is 2. The number of aliphatic hydroxyl groups is 4. The van der Waals surface area contributed by atoms with Gasteiger partial charge in [0, 0.05) is 19.5 Å². The van der Waals surface area contributed by atoms with Crippen LogP contribution in [0, 0.1) is 0 Å². The molecule has 0 radical (unpaired) electrons. The number of hydrogen-bond acceptors (Lipinski definition) is 10. The zero-order chi connectivity index (χ0) is 26.5. The maximum Gasteiger partial charge on any atom is 0.416 e. The Bertz CT molecular complexity index is 910. The van der Waals surface area contributed by atoms with E-state index >= 15 is 0 Å². The molecule has 3 fully saturated rings. The van der Waals surface area contributed by atoms with Gasteiger partial charge in [-0.05, 0) is 38.7 Å². The molecule has 2 aliphatic heterocycles. The molecule has 2 heterocycles. The molecule has 1 aromatic rings. The van der Waals surface area contributed by atoms with Gasteiger partial charge in [-0.15, -0.1) is 0 Å². The molecule has 2 saturated heterocycles. The van der Waals surface area contributed by atoms with Crippen molar-refractivity contribution < 1.29 is 47.8 Å². The van der Waals surface area contributed by atoms with Crippen LogP contribution in [0.15, 0.2) is 24.3 Å². The highest BCUT2D eigenvalue weighted by Gasteiger charge is 2.68. The minimum atomic E-state index is -4.44. The first kappa shape index (κ1) is 27.6. The number of fused-ring (bicyclic) bond motifs is 2. The Kier molecular flexibility index (Phi) is 7.72. The number of nitrogens with one attached hydrogen (secondary N) is 3. The summed E-state index contributed by atoms with van der Waals surface area (Å²) in [6.45, 7) is 1.59. The Balaban J connectivity index is 1.52. The summed E-state index contributed by atoms with van der Waals surface area (Å²) in [6.07, 6.45) is -10.8. The van der Waals surface area contributed by atoms with Gasteiger partial charge in [-0.1, -0.05) is 12.1 Å². The first-order valence-electron chi connectivity index (χ1n) is 11.9. The predicted molar refractivity (Wildman–Crippen MR) is 119 cm³/mol. The molecule has 10 atom stereocenters. The van der Waals surface area contributed by atoms with Crippen molar-refractivity contribution in [2.75, 3.05) is 20.6 Å². The van der Waals surface area contributed by atoms with Crippen molar-refractivity contribution in [1.29, 1.82) is 0 Å². The molecule has 204 valence electrons. The molecule has 1 saturated carbocycles. The average Bonchev–Trinajstić information content (AvgIpc) is 2.80.